The maximum atomic E-state index is 10.5. The zero-order valence-electron chi connectivity index (χ0n) is 18.1. The van der Waals surface area contributed by atoms with Crippen molar-refractivity contribution >= 4 is 11.8 Å². The lowest BCUT2D eigenvalue weighted by atomic mass is 9.88. The first-order chi connectivity index (χ1) is 13.9. The predicted molar refractivity (Wildman–Crippen MR) is 124 cm³/mol. The van der Waals surface area contributed by atoms with Crippen LogP contribution in [0.3, 0.4) is 0 Å². The number of benzene rings is 1. The number of allylic oxidation sites excluding steroid dienone is 2. The van der Waals surface area contributed by atoms with Gasteiger partial charge in [-0.05, 0) is 63.4 Å². The summed E-state index contributed by atoms with van der Waals surface area (Å²) in [6.07, 6.45) is 9.45. The normalized spacial score (nSPS) is 27.6. The molecule has 0 amide bonds. The Morgan fingerprint density at radius 2 is 2.10 bits per heavy atom. The van der Waals surface area contributed by atoms with E-state index in [-0.39, 0.29) is 12.0 Å². The van der Waals surface area contributed by atoms with Crippen LogP contribution in [0.4, 0.5) is 0 Å². The summed E-state index contributed by atoms with van der Waals surface area (Å²) in [4.78, 5) is 2.23. The molecule has 0 unspecified atom stereocenters. The third kappa shape index (κ3) is 6.71. The first-order valence-electron chi connectivity index (χ1n) is 10.9. The third-order valence-electron chi connectivity index (χ3n) is 6.28. The molecule has 3 rings (SSSR count). The SMILES string of the molecule is Cc1cccc(C[C@@H](O)/C=C/[C@@H]2[C@H]3CC(CCSCCN(C)C)=C[C@H]3C[C@H]2O)c1. The van der Waals surface area contributed by atoms with Gasteiger partial charge in [0.25, 0.3) is 0 Å². The van der Waals surface area contributed by atoms with Crippen molar-refractivity contribution in [2.75, 3.05) is 32.1 Å². The van der Waals surface area contributed by atoms with Crippen molar-refractivity contribution in [1.82, 2.24) is 4.90 Å². The van der Waals surface area contributed by atoms with E-state index in [0.717, 1.165) is 24.9 Å². The van der Waals surface area contributed by atoms with E-state index in [1.165, 1.54) is 23.5 Å². The van der Waals surface area contributed by atoms with Crippen LogP contribution in [0.15, 0.2) is 48.1 Å². The van der Waals surface area contributed by atoms with Gasteiger partial charge < -0.3 is 15.1 Å². The fourth-order valence-corrected chi connectivity index (χ4v) is 5.85. The summed E-state index contributed by atoms with van der Waals surface area (Å²) in [6, 6.07) is 8.30. The van der Waals surface area contributed by atoms with Crippen molar-refractivity contribution in [2.45, 2.75) is 44.8 Å². The molecule has 2 N–H and O–H groups in total. The van der Waals surface area contributed by atoms with Crippen molar-refractivity contribution < 1.29 is 10.2 Å². The van der Waals surface area contributed by atoms with Crippen LogP contribution in [0.2, 0.25) is 0 Å². The molecular formula is C25H37NO2S. The molecule has 1 fully saturated rings. The smallest absolute Gasteiger partial charge is 0.0761 e. The number of rotatable bonds is 10. The van der Waals surface area contributed by atoms with Crippen molar-refractivity contribution in [1.29, 1.82) is 0 Å². The molecule has 1 aromatic carbocycles. The minimum Gasteiger partial charge on any atom is -0.392 e. The minimum absolute atomic E-state index is 0.169. The lowest BCUT2D eigenvalue weighted by molar-refractivity contribution is 0.140. The van der Waals surface area contributed by atoms with Crippen molar-refractivity contribution in [3.05, 3.63) is 59.2 Å². The number of fused-ring (bicyclic) bond motifs is 1. The molecule has 29 heavy (non-hydrogen) atoms. The first-order valence-corrected chi connectivity index (χ1v) is 12.1. The summed E-state index contributed by atoms with van der Waals surface area (Å²) in [5, 5.41) is 21.0. The summed E-state index contributed by atoms with van der Waals surface area (Å²) in [5.74, 6) is 3.57. The van der Waals surface area contributed by atoms with Crippen molar-refractivity contribution in [2.24, 2.45) is 17.8 Å². The Labute approximate surface area is 180 Å². The summed E-state index contributed by atoms with van der Waals surface area (Å²) < 4.78 is 0. The first kappa shape index (κ1) is 22.6. The average Bonchev–Trinajstić information content (AvgIpc) is 3.16. The van der Waals surface area contributed by atoms with E-state index in [9.17, 15) is 10.2 Å². The number of aliphatic hydroxyl groups excluding tert-OH is 2. The average molecular weight is 416 g/mol. The van der Waals surface area contributed by atoms with Gasteiger partial charge in [0.05, 0.1) is 12.2 Å². The van der Waals surface area contributed by atoms with Crippen LogP contribution in [-0.2, 0) is 6.42 Å². The maximum absolute atomic E-state index is 10.5. The van der Waals surface area contributed by atoms with Crippen LogP contribution in [0.1, 0.15) is 30.4 Å². The summed E-state index contributed by atoms with van der Waals surface area (Å²) in [6.45, 7) is 3.21. The largest absolute Gasteiger partial charge is 0.392 e. The fraction of sp³-hybridized carbons (Fsp3) is 0.600. The Kier molecular flexibility index (Phi) is 8.43. The van der Waals surface area contributed by atoms with Crippen LogP contribution in [0.5, 0.6) is 0 Å². The third-order valence-corrected chi connectivity index (χ3v) is 7.25. The number of aryl methyl sites for hydroxylation is 1. The number of nitrogens with zero attached hydrogens (tertiary/aromatic N) is 1. The Morgan fingerprint density at radius 3 is 2.86 bits per heavy atom. The molecule has 0 aliphatic heterocycles. The molecule has 1 aromatic rings. The highest BCUT2D eigenvalue weighted by molar-refractivity contribution is 7.99. The van der Waals surface area contributed by atoms with Gasteiger partial charge >= 0.3 is 0 Å². The van der Waals surface area contributed by atoms with Crippen LogP contribution in [-0.4, -0.2) is 59.5 Å². The number of aliphatic hydroxyl groups is 2. The molecule has 0 radical (unpaired) electrons. The van der Waals surface area contributed by atoms with E-state index in [4.69, 9.17) is 0 Å². The summed E-state index contributed by atoms with van der Waals surface area (Å²) in [5.41, 5.74) is 3.95. The topological polar surface area (TPSA) is 43.7 Å². The number of hydrogen-bond acceptors (Lipinski definition) is 4. The lowest BCUT2D eigenvalue weighted by Crippen LogP contribution is -2.18. The lowest BCUT2D eigenvalue weighted by Gasteiger charge is -2.19. The molecule has 3 nitrogen and oxygen atoms in total. The van der Waals surface area contributed by atoms with Gasteiger partial charge in [0, 0.05) is 24.6 Å². The van der Waals surface area contributed by atoms with Gasteiger partial charge in [0.1, 0.15) is 0 Å². The Morgan fingerprint density at radius 1 is 1.28 bits per heavy atom. The highest BCUT2D eigenvalue weighted by atomic mass is 32.2. The predicted octanol–water partition coefficient (Wildman–Crippen LogP) is 4.08. The molecular weight excluding hydrogens is 378 g/mol. The van der Waals surface area contributed by atoms with E-state index in [1.807, 2.05) is 23.9 Å². The van der Waals surface area contributed by atoms with Gasteiger partial charge in [-0.25, -0.2) is 0 Å². The van der Waals surface area contributed by atoms with Crippen LogP contribution in [0, 0.1) is 24.7 Å². The zero-order valence-corrected chi connectivity index (χ0v) is 18.9. The molecule has 2 aliphatic rings. The van der Waals surface area contributed by atoms with Gasteiger partial charge in [-0.1, -0.05) is 53.6 Å². The van der Waals surface area contributed by atoms with E-state index < -0.39 is 6.10 Å². The van der Waals surface area contributed by atoms with Gasteiger partial charge in [0.15, 0.2) is 0 Å². The van der Waals surface area contributed by atoms with E-state index in [2.05, 4.69) is 56.3 Å². The number of hydrogen-bond donors (Lipinski definition) is 2. The van der Waals surface area contributed by atoms with Gasteiger partial charge in [-0.2, -0.15) is 11.8 Å². The number of thioether (sulfide) groups is 1. The van der Waals surface area contributed by atoms with Crippen LogP contribution >= 0.6 is 11.8 Å². The van der Waals surface area contributed by atoms with Crippen LogP contribution < -0.4 is 0 Å². The highest BCUT2D eigenvalue weighted by Crippen LogP contribution is 2.48. The maximum Gasteiger partial charge on any atom is 0.0761 e. The fourth-order valence-electron chi connectivity index (χ4n) is 4.75. The summed E-state index contributed by atoms with van der Waals surface area (Å²) in [7, 11) is 4.25. The second-order valence-electron chi connectivity index (χ2n) is 9.05. The molecule has 0 heterocycles. The molecule has 4 heteroatoms. The Hall–Kier alpha value is -1.07. The van der Waals surface area contributed by atoms with Crippen molar-refractivity contribution in [3.63, 3.8) is 0 Å². The monoisotopic (exact) mass is 415 g/mol. The van der Waals surface area contributed by atoms with E-state index in [1.54, 1.807) is 5.57 Å². The Bertz CT molecular complexity index is 715. The quantitative estimate of drug-likeness (QED) is 0.446. The zero-order chi connectivity index (χ0) is 20.8. The van der Waals surface area contributed by atoms with E-state index in [0.29, 0.717) is 18.3 Å². The van der Waals surface area contributed by atoms with Gasteiger partial charge in [0.2, 0.25) is 0 Å². The van der Waals surface area contributed by atoms with Gasteiger partial charge in [-0.15, -0.1) is 0 Å². The molecule has 0 bridgehead atoms. The second kappa shape index (κ2) is 10.8. The van der Waals surface area contributed by atoms with Crippen LogP contribution in [0.25, 0.3) is 0 Å². The standard InChI is InChI=1S/C25H37NO2S/c1-18-5-4-6-19(13-18)15-22(27)7-8-23-24-16-20(14-21(24)17-25(23)28)9-11-29-12-10-26(2)3/h4-8,13-14,21-25,27-28H,9-12,15-17H2,1-3H3/b8-7+/t21-,22-,23+,24-,25+/m0/s1. The highest BCUT2D eigenvalue weighted by Gasteiger charge is 2.43. The minimum atomic E-state index is -0.495. The Balaban J connectivity index is 1.47. The van der Waals surface area contributed by atoms with E-state index >= 15 is 0 Å². The second-order valence-corrected chi connectivity index (χ2v) is 10.3. The van der Waals surface area contributed by atoms with Gasteiger partial charge in [-0.3, -0.25) is 0 Å². The molecule has 0 saturated heterocycles. The molecule has 5 atom stereocenters. The molecule has 1 saturated carbocycles. The molecule has 160 valence electrons. The molecule has 0 aromatic heterocycles. The summed E-state index contributed by atoms with van der Waals surface area (Å²) >= 11 is 2.03. The molecule has 0 spiro atoms. The molecule has 2 aliphatic carbocycles. The van der Waals surface area contributed by atoms with Crippen molar-refractivity contribution in [3.8, 4) is 0 Å².